The molecule has 0 aliphatic carbocycles. The van der Waals surface area contributed by atoms with Crippen LogP contribution in [0.15, 0.2) is 30.9 Å². The molecule has 0 saturated carbocycles. The first-order valence-corrected chi connectivity index (χ1v) is 8.14. The molecule has 0 bridgehead atoms. The number of carbonyl (C=O) groups excluding carboxylic acids is 1. The van der Waals surface area contributed by atoms with Crippen molar-refractivity contribution < 1.29 is 14.3 Å². The van der Waals surface area contributed by atoms with Gasteiger partial charge in [0.1, 0.15) is 20.2 Å². The summed E-state index contributed by atoms with van der Waals surface area (Å²) < 4.78 is 10.5. The van der Waals surface area contributed by atoms with Crippen molar-refractivity contribution in [3.63, 3.8) is 0 Å². The molecule has 0 aliphatic rings. The maximum absolute atomic E-state index is 11.2. The third-order valence-electron chi connectivity index (χ3n) is 2.78. The Labute approximate surface area is 135 Å². The zero-order chi connectivity index (χ0) is 15.5. The lowest BCUT2D eigenvalue weighted by molar-refractivity contribution is 0.157. The monoisotopic (exact) mass is 353 g/mol. The van der Waals surface area contributed by atoms with E-state index in [1.54, 1.807) is 0 Å². The number of carbonyl (C=O) groups is 1. The van der Waals surface area contributed by atoms with E-state index in [9.17, 15) is 4.79 Å². The van der Waals surface area contributed by atoms with Crippen molar-refractivity contribution in [1.29, 1.82) is 0 Å². The summed E-state index contributed by atoms with van der Waals surface area (Å²) in [6.45, 7) is 4.77. The molecule has 1 aromatic carbocycles. The van der Waals surface area contributed by atoms with Crippen LogP contribution in [0.3, 0.4) is 0 Å². The van der Waals surface area contributed by atoms with Crippen molar-refractivity contribution in [2.24, 2.45) is 0 Å². The molecule has 21 heavy (non-hydrogen) atoms. The third-order valence-corrected chi connectivity index (χ3v) is 3.43. The van der Waals surface area contributed by atoms with Gasteiger partial charge in [-0.25, -0.2) is 4.79 Å². The van der Waals surface area contributed by atoms with Crippen LogP contribution in [0.1, 0.15) is 17.5 Å². The lowest BCUT2D eigenvalue weighted by atomic mass is 9.95. The Morgan fingerprint density at radius 1 is 1.38 bits per heavy atom. The number of ether oxygens (including phenoxy) is 2. The molecule has 114 valence electrons. The molecular formula is C15H21BBrNO3. The topological polar surface area (TPSA) is 47.6 Å². The van der Waals surface area contributed by atoms with Gasteiger partial charge < -0.3 is 14.8 Å². The standard InChI is InChI=1S/C15H21BBrNO3/c1-2-5-21-15(19)18-4-3-6-20-14-8-12(10-16)7-13(9-14)11-17/h2,7-9H,1,3-6,10-11,16H2,(H,18,19). The Morgan fingerprint density at radius 3 is 2.81 bits per heavy atom. The predicted molar refractivity (Wildman–Crippen MR) is 91.0 cm³/mol. The Morgan fingerprint density at radius 2 is 2.14 bits per heavy atom. The van der Waals surface area contributed by atoms with Crippen molar-refractivity contribution in [2.45, 2.75) is 18.1 Å². The second kappa shape index (κ2) is 10.3. The normalized spacial score (nSPS) is 9.95. The maximum atomic E-state index is 11.2. The van der Waals surface area contributed by atoms with Gasteiger partial charge in [0.15, 0.2) is 0 Å². The molecule has 0 aliphatic heterocycles. The first-order valence-electron chi connectivity index (χ1n) is 7.02. The zero-order valence-electron chi connectivity index (χ0n) is 12.4. The van der Waals surface area contributed by atoms with Crippen LogP contribution in [0.2, 0.25) is 0 Å². The van der Waals surface area contributed by atoms with E-state index in [-0.39, 0.29) is 6.61 Å². The molecule has 0 atom stereocenters. The smallest absolute Gasteiger partial charge is 0.407 e. The Hall–Kier alpha value is -1.43. The molecule has 1 amide bonds. The summed E-state index contributed by atoms with van der Waals surface area (Å²) in [5, 5.41) is 3.47. The summed E-state index contributed by atoms with van der Waals surface area (Å²) in [5.74, 6) is 0.873. The highest BCUT2D eigenvalue weighted by Crippen LogP contribution is 2.19. The Bertz CT molecular complexity index is 446. The van der Waals surface area contributed by atoms with Gasteiger partial charge >= 0.3 is 6.09 Å². The average Bonchev–Trinajstić information content (AvgIpc) is 2.52. The van der Waals surface area contributed by atoms with Crippen molar-refractivity contribution in [1.82, 2.24) is 5.32 Å². The number of alkyl carbamates (subject to hydrolysis) is 1. The number of rotatable bonds is 9. The maximum Gasteiger partial charge on any atom is 0.407 e. The van der Waals surface area contributed by atoms with E-state index in [0.29, 0.717) is 13.2 Å². The SMILES string of the molecule is BCc1cc(CBr)cc(OCCCNC(=O)OCC=C)c1. The van der Waals surface area contributed by atoms with Crippen molar-refractivity contribution >= 4 is 29.9 Å². The van der Waals surface area contributed by atoms with Crippen LogP contribution in [0, 0.1) is 0 Å². The highest BCUT2D eigenvalue weighted by Gasteiger charge is 2.02. The minimum Gasteiger partial charge on any atom is -0.494 e. The van der Waals surface area contributed by atoms with Gasteiger partial charge in [0.25, 0.3) is 0 Å². The second-order valence-electron chi connectivity index (χ2n) is 4.49. The lowest BCUT2D eigenvalue weighted by Gasteiger charge is -2.10. The summed E-state index contributed by atoms with van der Waals surface area (Å²) in [6.07, 6.45) is 2.81. The van der Waals surface area contributed by atoms with Gasteiger partial charge in [-0.1, -0.05) is 46.5 Å². The van der Waals surface area contributed by atoms with Gasteiger partial charge in [0.05, 0.1) is 6.61 Å². The minimum atomic E-state index is -0.426. The molecule has 0 heterocycles. The third kappa shape index (κ3) is 7.23. The highest BCUT2D eigenvalue weighted by atomic mass is 79.9. The molecular weight excluding hydrogens is 333 g/mol. The number of hydrogen-bond donors (Lipinski definition) is 1. The molecule has 1 N–H and O–H groups in total. The predicted octanol–water partition coefficient (Wildman–Crippen LogP) is 2.40. The molecule has 0 fully saturated rings. The van der Waals surface area contributed by atoms with Crippen molar-refractivity contribution in [3.8, 4) is 5.75 Å². The minimum absolute atomic E-state index is 0.224. The summed E-state index contributed by atoms with van der Waals surface area (Å²) in [5.41, 5.74) is 2.46. The zero-order valence-corrected chi connectivity index (χ0v) is 13.9. The van der Waals surface area contributed by atoms with Crippen LogP contribution < -0.4 is 10.1 Å². The fourth-order valence-corrected chi connectivity index (χ4v) is 2.06. The van der Waals surface area contributed by atoms with E-state index < -0.39 is 6.09 Å². The van der Waals surface area contributed by atoms with E-state index >= 15 is 0 Å². The van der Waals surface area contributed by atoms with E-state index in [4.69, 9.17) is 9.47 Å². The number of amides is 1. The summed E-state index contributed by atoms with van der Waals surface area (Å²) in [4.78, 5) is 11.2. The first kappa shape index (κ1) is 17.6. The van der Waals surface area contributed by atoms with Gasteiger partial charge in [-0.3, -0.25) is 0 Å². The van der Waals surface area contributed by atoms with Crippen LogP contribution in [-0.2, 0) is 16.4 Å². The molecule has 0 aromatic heterocycles. The van der Waals surface area contributed by atoms with Crippen LogP contribution in [-0.4, -0.2) is 33.7 Å². The Balaban J connectivity index is 2.29. The fourth-order valence-electron chi connectivity index (χ4n) is 1.73. The van der Waals surface area contributed by atoms with Gasteiger partial charge in [0.2, 0.25) is 0 Å². The molecule has 0 radical (unpaired) electrons. The molecule has 6 heteroatoms. The second-order valence-corrected chi connectivity index (χ2v) is 5.05. The van der Waals surface area contributed by atoms with Gasteiger partial charge in [-0.2, -0.15) is 0 Å². The summed E-state index contributed by atoms with van der Waals surface area (Å²) >= 11 is 3.46. The number of nitrogens with one attached hydrogen (secondary N) is 1. The number of benzene rings is 1. The first-order chi connectivity index (χ1) is 10.2. The van der Waals surface area contributed by atoms with Crippen molar-refractivity contribution in [2.75, 3.05) is 19.8 Å². The average molecular weight is 354 g/mol. The molecule has 0 spiro atoms. The quantitative estimate of drug-likeness (QED) is 0.321. The fraction of sp³-hybridized carbons (Fsp3) is 0.400. The lowest BCUT2D eigenvalue weighted by Crippen LogP contribution is -2.26. The Kier molecular flexibility index (Phi) is 8.66. The number of hydrogen-bond acceptors (Lipinski definition) is 3. The molecule has 1 aromatic rings. The van der Waals surface area contributed by atoms with Gasteiger partial charge in [-0.15, -0.1) is 0 Å². The highest BCUT2D eigenvalue weighted by molar-refractivity contribution is 9.08. The van der Waals surface area contributed by atoms with E-state index in [2.05, 4.69) is 47.8 Å². The van der Waals surface area contributed by atoms with Crippen LogP contribution in [0.5, 0.6) is 5.75 Å². The number of halogens is 1. The van der Waals surface area contributed by atoms with Gasteiger partial charge in [-0.05, 0) is 24.1 Å². The van der Waals surface area contributed by atoms with Crippen molar-refractivity contribution in [3.05, 3.63) is 42.0 Å². The molecule has 1 rings (SSSR count). The van der Waals surface area contributed by atoms with E-state index in [0.717, 1.165) is 23.8 Å². The molecule has 0 unspecified atom stereocenters. The van der Waals surface area contributed by atoms with Crippen LogP contribution >= 0.6 is 15.9 Å². The number of alkyl halides is 1. The largest absolute Gasteiger partial charge is 0.494 e. The molecule has 4 nitrogen and oxygen atoms in total. The summed E-state index contributed by atoms with van der Waals surface area (Å²) in [6, 6.07) is 6.25. The van der Waals surface area contributed by atoms with E-state index in [1.807, 2.05) is 6.07 Å². The molecule has 0 saturated heterocycles. The van der Waals surface area contributed by atoms with Crippen LogP contribution in [0.25, 0.3) is 0 Å². The van der Waals surface area contributed by atoms with E-state index in [1.165, 1.54) is 17.2 Å². The summed E-state index contributed by atoms with van der Waals surface area (Å²) in [7, 11) is 2.12. The van der Waals surface area contributed by atoms with Crippen LogP contribution in [0.4, 0.5) is 4.79 Å². The van der Waals surface area contributed by atoms with Gasteiger partial charge in [0, 0.05) is 11.9 Å².